The molecular formula is C14H12F4N2. The standard InChI is InChI=1S/C14H12F4N2/c1-8-2-5-11(19)13(6-8)20-12-7-9(14(16,17)18)3-4-10(12)15/h2-7,20H,19H2,1H3. The van der Waals surface area contributed by atoms with E-state index in [0.29, 0.717) is 17.4 Å². The van der Waals surface area contributed by atoms with Crippen LogP contribution in [-0.2, 0) is 6.18 Å². The maximum atomic E-state index is 13.6. The monoisotopic (exact) mass is 284 g/mol. The Morgan fingerprint density at radius 3 is 2.35 bits per heavy atom. The lowest BCUT2D eigenvalue weighted by Gasteiger charge is -2.13. The Labute approximate surface area is 113 Å². The number of aryl methyl sites for hydroxylation is 1. The van der Waals surface area contributed by atoms with Crippen LogP contribution in [0, 0.1) is 12.7 Å². The molecular weight excluding hydrogens is 272 g/mol. The van der Waals surface area contributed by atoms with E-state index in [1.165, 1.54) is 0 Å². The molecule has 0 radical (unpaired) electrons. The summed E-state index contributed by atoms with van der Waals surface area (Å²) in [4.78, 5) is 0. The van der Waals surface area contributed by atoms with Crippen molar-refractivity contribution in [2.24, 2.45) is 0 Å². The first kappa shape index (κ1) is 14.2. The lowest BCUT2D eigenvalue weighted by molar-refractivity contribution is -0.137. The van der Waals surface area contributed by atoms with Crippen LogP contribution in [0.2, 0.25) is 0 Å². The molecule has 2 rings (SSSR count). The number of rotatable bonds is 2. The van der Waals surface area contributed by atoms with Gasteiger partial charge in [-0.25, -0.2) is 4.39 Å². The van der Waals surface area contributed by atoms with Crippen LogP contribution < -0.4 is 11.1 Å². The summed E-state index contributed by atoms with van der Waals surface area (Å²) in [6, 6.07) is 7.18. The number of nitrogens with one attached hydrogen (secondary N) is 1. The predicted molar refractivity (Wildman–Crippen MR) is 70.3 cm³/mol. The normalized spacial score (nSPS) is 11.4. The highest BCUT2D eigenvalue weighted by Gasteiger charge is 2.31. The molecule has 0 aliphatic heterocycles. The van der Waals surface area contributed by atoms with Gasteiger partial charge in [-0.2, -0.15) is 13.2 Å². The fraction of sp³-hybridized carbons (Fsp3) is 0.143. The molecule has 2 nitrogen and oxygen atoms in total. The highest BCUT2D eigenvalue weighted by Crippen LogP contribution is 2.33. The Morgan fingerprint density at radius 1 is 1.00 bits per heavy atom. The number of halogens is 4. The van der Waals surface area contributed by atoms with Crippen LogP contribution in [0.5, 0.6) is 0 Å². The van der Waals surface area contributed by atoms with Crippen LogP contribution in [-0.4, -0.2) is 0 Å². The number of benzene rings is 2. The molecule has 0 saturated heterocycles. The van der Waals surface area contributed by atoms with Gasteiger partial charge in [0.15, 0.2) is 0 Å². The quantitative estimate of drug-likeness (QED) is 0.630. The van der Waals surface area contributed by atoms with E-state index in [1.807, 2.05) is 0 Å². The zero-order valence-electron chi connectivity index (χ0n) is 10.6. The predicted octanol–water partition coefficient (Wildman–Crippen LogP) is 4.48. The number of hydrogen-bond acceptors (Lipinski definition) is 2. The van der Waals surface area contributed by atoms with Gasteiger partial charge in [0.05, 0.1) is 22.6 Å². The van der Waals surface area contributed by atoms with Crippen LogP contribution in [0.25, 0.3) is 0 Å². The molecule has 3 N–H and O–H groups in total. The summed E-state index contributed by atoms with van der Waals surface area (Å²) in [5.74, 6) is -0.779. The van der Waals surface area contributed by atoms with Gasteiger partial charge in [0.2, 0.25) is 0 Å². The highest BCUT2D eigenvalue weighted by molar-refractivity contribution is 5.73. The molecule has 0 atom stereocenters. The average Bonchev–Trinajstić information content (AvgIpc) is 2.35. The molecule has 0 aromatic heterocycles. The highest BCUT2D eigenvalue weighted by atomic mass is 19.4. The Bertz CT molecular complexity index is 636. The summed E-state index contributed by atoms with van der Waals surface area (Å²) in [5, 5.41) is 2.59. The molecule has 0 fully saturated rings. The van der Waals surface area contributed by atoms with E-state index >= 15 is 0 Å². The minimum Gasteiger partial charge on any atom is -0.397 e. The molecule has 0 unspecified atom stereocenters. The number of alkyl halides is 3. The van der Waals surface area contributed by atoms with Gasteiger partial charge in [0.1, 0.15) is 5.82 Å². The van der Waals surface area contributed by atoms with Crippen molar-refractivity contribution in [2.45, 2.75) is 13.1 Å². The molecule has 106 valence electrons. The molecule has 0 bridgehead atoms. The zero-order chi connectivity index (χ0) is 14.9. The maximum absolute atomic E-state index is 13.6. The molecule has 2 aromatic rings. The summed E-state index contributed by atoms with van der Waals surface area (Å²) < 4.78 is 51.4. The smallest absolute Gasteiger partial charge is 0.397 e. The van der Waals surface area contributed by atoms with E-state index in [2.05, 4.69) is 5.32 Å². The van der Waals surface area contributed by atoms with Gasteiger partial charge >= 0.3 is 6.18 Å². The lowest BCUT2D eigenvalue weighted by Crippen LogP contribution is -2.07. The van der Waals surface area contributed by atoms with Crippen molar-refractivity contribution in [1.29, 1.82) is 0 Å². The third-order valence-corrected chi connectivity index (χ3v) is 2.77. The molecule has 0 saturated carbocycles. The molecule has 0 aliphatic rings. The third-order valence-electron chi connectivity index (χ3n) is 2.77. The zero-order valence-corrected chi connectivity index (χ0v) is 10.6. The summed E-state index contributed by atoms with van der Waals surface area (Å²) in [5.41, 5.74) is 6.06. The molecule has 0 aliphatic carbocycles. The Balaban J connectivity index is 2.40. The van der Waals surface area contributed by atoms with Gasteiger partial charge in [0, 0.05) is 0 Å². The van der Waals surface area contributed by atoms with E-state index in [4.69, 9.17) is 5.73 Å². The van der Waals surface area contributed by atoms with Gasteiger partial charge in [-0.1, -0.05) is 6.07 Å². The van der Waals surface area contributed by atoms with E-state index in [0.717, 1.165) is 17.7 Å². The third kappa shape index (κ3) is 3.01. The number of nitrogen functional groups attached to an aromatic ring is 1. The Hall–Kier alpha value is -2.24. The maximum Gasteiger partial charge on any atom is 0.416 e. The van der Waals surface area contributed by atoms with Gasteiger partial charge < -0.3 is 11.1 Å². The van der Waals surface area contributed by atoms with Crippen molar-refractivity contribution in [3.05, 3.63) is 53.3 Å². The van der Waals surface area contributed by atoms with E-state index in [9.17, 15) is 17.6 Å². The lowest BCUT2D eigenvalue weighted by atomic mass is 10.1. The molecule has 2 aromatic carbocycles. The second-order valence-corrected chi connectivity index (χ2v) is 4.41. The van der Waals surface area contributed by atoms with Crippen LogP contribution in [0.15, 0.2) is 36.4 Å². The number of anilines is 3. The van der Waals surface area contributed by atoms with Gasteiger partial charge in [-0.05, 0) is 42.8 Å². The van der Waals surface area contributed by atoms with E-state index in [-0.39, 0.29) is 5.69 Å². The van der Waals surface area contributed by atoms with Crippen LogP contribution >= 0.6 is 0 Å². The average molecular weight is 284 g/mol. The molecule has 6 heteroatoms. The minimum atomic E-state index is -4.53. The molecule has 0 heterocycles. The SMILES string of the molecule is Cc1ccc(N)c(Nc2cc(C(F)(F)F)ccc2F)c1. The Morgan fingerprint density at radius 2 is 1.70 bits per heavy atom. The van der Waals surface area contributed by atoms with Crippen molar-refractivity contribution in [2.75, 3.05) is 11.1 Å². The second-order valence-electron chi connectivity index (χ2n) is 4.41. The fourth-order valence-electron chi connectivity index (χ4n) is 1.72. The summed E-state index contributed by atoms with van der Waals surface area (Å²) in [7, 11) is 0. The van der Waals surface area contributed by atoms with Crippen molar-refractivity contribution < 1.29 is 17.6 Å². The largest absolute Gasteiger partial charge is 0.416 e. The summed E-state index contributed by atoms with van der Waals surface area (Å²) in [6.07, 6.45) is -4.53. The summed E-state index contributed by atoms with van der Waals surface area (Å²) in [6.45, 7) is 1.80. The summed E-state index contributed by atoms with van der Waals surface area (Å²) >= 11 is 0. The van der Waals surface area contributed by atoms with Crippen molar-refractivity contribution in [3.8, 4) is 0 Å². The molecule has 20 heavy (non-hydrogen) atoms. The van der Waals surface area contributed by atoms with Crippen LogP contribution in [0.1, 0.15) is 11.1 Å². The first-order chi connectivity index (χ1) is 9.27. The van der Waals surface area contributed by atoms with Crippen molar-refractivity contribution in [3.63, 3.8) is 0 Å². The van der Waals surface area contributed by atoms with Gasteiger partial charge in [0.25, 0.3) is 0 Å². The van der Waals surface area contributed by atoms with E-state index in [1.54, 1.807) is 25.1 Å². The molecule has 0 amide bonds. The second kappa shape index (κ2) is 5.03. The number of nitrogens with two attached hydrogens (primary N) is 1. The van der Waals surface area contributed by atoms with Crippen LogP contribution in [0.3, 0.4) is 0 Å². The van der Waals surface area contributed by atoms with Crippen molar-refractivity contribution in [1.82, 2.24) is 0 Å². The first-order valence-corrected chi connectivity index (χ1v) is 5.77. The molecule has 0 spiro atoms. The van der Waals surface area contributed by atoms with Crippen molar-refractivity contribution >= 4 is 17.1 Å². The van der Waals surface area contributed by atoms with Gasteiger partial charge in [-0.15, -0.1) is 0 Å². The van der Waals surface area contributed by atoms with Crippen LogP contribution in [0.4, 0.5) is 34.6 Å². The van der Waals surface area contributed by atoms with Gasteiger partial charge in [-0.3, -0.25) is 0 Å². The number of hydrogen-bond donors (Lipinski definition) is 2. The Kier molecular flexibility index (Phi) is 3.57. The minimum absolute atomic E-state index is 0.267. The fourth-order valence-corrected chi connectivity index (χ4v) is 1.72. The van der Waals surface area contributed by atoms with E-state index < -0.39 is 17.6 Å². The topological polar surface area (TPSA) is 38.0 Å². The first-order valence-electron chi connectivity index (χ1n) is 5.77.